The number of hydrogen-bond acceptors (Lipinski definition) is 6. The van der Waals surface area contributed by atoms with Gasteiger partial charge < -0.3 is 9.47 Å². The summed E-state index contributed by atoms with van der Waals surface area (Å²) in [6.45, 7) is 2.38. The number of halogens is 2. The number of benzene rings is 4. The Morgan fingerprint density at radius 3 is 2.36 bits per heavy atom. The lowest BCUT2D eigenvalue weighted by molar-refractivity contribution is 0.0955. The molecular weight excluding hydrogens is 597 g/mol. The van der Waals surface area contributed by atoms with E-state index in [1.54, 1.807) is 54.6 Å². The summed E-state index contributed by atoms with van der Waals surface area (Å²) >= 11 is 12.0. The Morgan fingerprint density at radius 2 is 1.69 bits per heavy atom. The van der Waals surface area contributed by atoms with Crippen LogP contribution in [0.3, 0.4) is 0 Å². The summed E-state index contributed by atoms with van der Waals surface area (Å²) in [5.74, 6) is 0.564. The Balaban J connectivity index is 1.39. The van der Waals surface area contributed by atoms with E-state index < -0.39 is 15.9 Å². The number of aryl methyl sites for hydroxylation is 1. The largest absolute Gasteiger partial charge is 0.493 e. The van der Waals surface area contributed by atoms with Gasteiger partial charge in [0.1, 0.15) is 6.61 Å². The van der Waals surface area contributed by atoms with Gasteiger partial charge in [-0.2, -0.15) is 5.10 Å². The minimum absolute atomic E-state index is 0.185. The average molecular weight is 627 g/mol. The van der Waals surface area contributed by atoms with Crippen LogP contribution in [0.15, 0.2) is 90.0 Å². The Morgan fingerprint density at radius 1 is 0.952 bits per heavy atom. The molecule has 1 N–H and O–H groups in total. The van der Waals surface area contributed by atoms with Crippen LogP contribution in [-0.2, 0) is 23.2 Å². The molecule has 0 bridgehead atoms. The Bertz CT molecular complexity index is 1710. The summed E-state index contributed by atoms with van der Waals surface area (Å²) in [6, 6.07) is 24.4. The number of sulfonamides is 1. The number of hydrazone groups is 1. The third-order valence-corrected chi connectivity index (χ3v) is 8.22. The normalized spacial score (nSPS) is 11.4. The number of methoxy groups -OCH3 is 1. The lowest BCUT2D eigenvalue weighted by Gasteiger charge is -2.23. The maximum atomic E-state index is 12.7. The zero-order valence-corrected chi connectivity index (χ0v) is 25.5. The van der Waals surface area contributed by atoms with Crippen molar-refractivity contribution in [3.05, 3.63) is 123 Å². The molecule has 0 aliphatic rings. The van der Waals surface area contributed by atoms with Crippen LogP contribution in [0.1, 0.15) is 32.6 Å². The summed E-state index contributed by atoms with van der Waals surface area (Å²) in [7, 11) is -2.03. The predicted molar refractivity (Wildman–Crippen MR) is 167 cm³/mol. The molecule has 0 heterocycles. The standard InChI is InChI=1S/C31H29Cl2N3O5S/c1-21-6-4-5-7-25(21)19-36(42(3,38)39)26-12-10-24(11-13-26)31(37)35-34-18-22-9-15-29(30(17-22)40-2)41-20-23-8-14-27(32)28(33)16-23/h4-18H,19-20H2,1-3H3,(H,35,37)/b34-18-. The maximum Gasteiger partial charge on any atom is 0.271 e. The lowest BCUT2D eigenvalue weighted by atomic mass is 10.1. The second-order valence-corrected chi connectivity index (χ2v) is 12.1. The van der Waals surface area contributed by atoms with Gasteiger partial charge in [-0.25, -0.2) is 13.8 Å². The van der Waals surface area contributed by atoms with Crippen molar-refractivity contribution in [2.75, 3.05) is 17.7 Å². The van der Waals surface area contributed by atoms with Gasteiger partial charge >= 0.3 is 0 Å². The molecule has 0 unspecified atom stereocenters. The highest BCUT2D eigenvalue weighted by Crippen LogP contribution is 2.29. The van der Waals surface area contributed by atoms with E-state index in [0.717, 1.165) is 22.9 Å². The molecule has 4 aromatic rings. The van der Waals surface area contributed by atoms with E-state index in [0.29, 0.717) is 38.4 Å². The number of anilines is 1. The van der Waals surface area contributed by atoms with Crippen LogP contribution in [0, 0.1) is 6.92 Å². The monoisotopic (exact) mass is 625 g/mol. The third kappa shape index (κ3) is 8.03. The molecule has 4 aromatic carbocycles. The quantitative estimate of drug-likeness (QED) is 0.149. The SMILES string of the molecule is COc1cc(/C=N\NC(=O)c2ccc(N(Cc3ccccc3C)S(C)(=O)=O)cc2)ccc1OCc1ccc(Cl)c(Cl)c1. The predicted octanol–water partition coefficient (Wildman–Crippen LogP) is 6.62. The van der Waals surface area contributed by atoms with Crippen molar-refractivity contribution >= 4 is 51.0 Å². The van der Waals surface area contributed by atoms with E-state index in [2.05, 4.69) is 10.5 Å². The van der Waals surface area contributed by atoms with Crippen molar-refractivity contribution in [2.24, 2.45) is 5.10 Å². The highest BCUT2D eigenvalue weighted by molar-refractivity contribution is 7.92. The maximum absolute atomic E-state index is 12.7. The minimum Gasteiger partial charge on any atom is -0.493 e. The zero-order chi connectivity index (χ0) is 30.3. The van der Waals surface area contributed by atoms with E-state index >= 15 is 0 Å². The van der Waals surface area contributed by atoms with Gasteiger partial charge in [-0.1, -0.05) is 53.5 Å². The summed E-state index contributed by atoms with van der Waals surface area (Å²) in [6.07, 6.45) is 2.63. The van der Waals surface area contributed by atoms with Crippen LogP contribution in [0.5, 0.6) is 11.5 Å². The van der Waals surface area contributed by atoms with E-state index in [1.165, 1.54) is 17.6 Å². The van der Waals surface area contributed by atoms with Gasteiger partial charge in [-0.05, 0) is 83.8 Å². The summed E-state index contributed by atoms with van der Waals surface area (Å²) in [5.41, 5.74) is 6.66. The second-order valence-electron chi connectivity index (χ2n) is 9.39. The molecule has 0 saturated heterocycles. The first-order chi connectivity index (χ1) is 20.0. The van der Waals surface area contributed by atoms with Crippen LogP contribution in [-0.4, -0.2) is 33.9 Å². The molecule has 0 radical (unpaired) electrons. The first kappa shape index (κ1) is 30.9. The molecule has 0 aromatic heterocycles. The fourth-order valence-electron chi connectivity index (χ4n) is 4.03. The Labute approximate surface area is 255 Å². The van der Waals surface area contributed by atoms with Gasteiger partial charge in [-0.3, -0.25) is 9.10 Å². The molecule has 0 spiro atoms. The van der Waals surface area contributed by atoms with Crippen LogP contribution in [0.4, 0.5) is 5.69 Å². The lowest BCUT2D eigenvalue weighted by Crippen LogP contribution is -2.29. The van der Waals surface area contributed by atoms with E-state index in [9.17, 15) is 13.2 Å². The van der Waals surface area contributed by atoms with Crippen LogP contribution < -0.4 is 19.2 Å². The first-order valence-corrected chi connectivity index (χ1v) is 15.4. The van der Waals surface area contributed by atoms with Gasteiger partial charge in [0.05, 0.1) is 41.9 Å². The number of carbonyl (C=O) groups is 1. The minimum atomic E-state index is -3.56. The van der Waals surface area contributed by atoms with Gasteiger partial charge in [0.15, 0.2) is 11.5 Å². The van der Waals surface area contributed by atoms with E-state index in [4.69, 9.17) is 32.7 Å². The molecule has 8 nitrogen and oxygen atoms in total. The van der Waals surface area contributed by atoms with Crippen molar-refractivity contribution in [1.82, 2.24) is 5.43 Å². The van der Waals surface area contributed by atoms with E-state index in [-0.39, 0.29) is 13.2 Å². The van der Waals surface area contributed by atoms with Gasteiger partial charge in [-0.15, -0.1) is 0 Å². The van der Waals surface area contributed by atoms with Crippen LogP contribution in [0.25, 0.3) is 0 Å². The Kier molecular flexibility index (Phi) is 10.1. The summed E-state index contributed by atoms with van der Waals surface area (Å²) < 4.78 is 37.7. The average Bonchev–Trinajstić information content (AvgIpc) is 2.97. The second kappa shape index (κ2) is 13.7. The fourth-order valence-corrected chi connectivity index (χ4v) is 5.22. The number of hydrogen-bond donors (Lipinski definition) is 1. The molecule has 0 atom stereocenters. The zero-order valence-electron chi connectivity index (χ0n) is 23.2. The number of carbonyl (C=O) groups excluding carboxylic acids is 1. The number of rotatable bonds is 11. The Hall–Kier alpha value is -4.05. The van der Waals surface area contributed by atoms with Crippen LogP contribution in [0.2, 0.25) is 10.0 Å². The molecule has 4 rings (SSSR count). The summed E-state index contributed by atoms with van der Waals surface area (Å²) in [4.78, 5) is 12.7. The fraction of sp³-hybridized carbons (Fsp3) is 0.161. The van der Waals surface area contributed by atoms with Crippen molar-refractivity contribution in [3.63, 3.8) is 0 Å². The van der Waals surface area contributed by atoms with Crippen molar-refractivity contribution in [3.8, 4) is 11.5 Å². The van der Waals surface area contributed by atoms with Crippen molar-refractivity contribution < 1.29 is 22.7 Å². The molecule has 0 aliphatic heterocycles. The molecule has 1 amide bonds. The van der Waals surface area contributed by atoms with Gasteiger partial charge in [0.2, 0.25) is 10.0 Å². The number of nitrogens with one attached hydrogen (secondary N) is 1. The van der Waals surface area contributed by atoms with Crippen LogP contribution >= 0.6 is 23.2 Å². The highest BCUT2D eigenvalue weighted by Gasteiger charge is 2.19. The summed E-state index contributed by atoms with van der Waals surface area (Å²) in [5, 5.41) is 4.96. The molecule has 0 saturated carbocycles. The molecule has 0 aliphatic carbocycles. The van der Waals surface area contributed by atoms with Gasteiger partial charge in [0.25, 0.3) is 5.91 Å². The van der Waals surface area contributed by atoms with Crippen molar-refractivity contribution in [1.29, 1.82) is 0 Å². The molecule has 0 fully saturated rings. The molecular formula is C31H29Cl2N3O5S. The molecule has 218 valence electrons. The smallest absolute Gasteiger partial charge is 0.271 e. The number of ether oxygens (including phenoxy) is 2. The third-order valence-electron chi connectivity index (χ3n) is 6.34. The number of nitrogens with zero attached hydrogens (tertiary/aromatic N) is 2. The van der Waals surface area contributed by atoms with Gasteiger partial charge in [0, 0.05) is 5.56 Å². The topological polar surface area (TPSA) is 97.3 Å². The molecule has 42 heavy (non-hydrogen) atoms. The first-order valence-electron chi connectivity index (χ1n) is 12.8. The van der Waals surface area contributed by atoms with Crippen molar-refractivity contribution in [2.45, 2.75) is 20.1 Å². The molecule has 11 heteroatoms. The van der Waals surface area contributed by atoms with E-state index in [1.807, 2.05) is 37.3 Å². The number of amides is 1. The highest BCUT2D eigenvalue weighted by atomic mass is 35.5.